The Bertz CT molecular complexity index is 943. The van der Waals surface area contributed by atoms with E-state index in [2.05, 4.69) is 55.6 Å². The van der Waals surface area contributed by atoms with Crippen molar-refractivity contribution in [3.8, 4) is 0 Å². The van der Waals surface area contributed by atoms with Gasteiger partial charge in [-0.3, -0.25) is 4.79 Å². The summed E-state index contributed by atoms with van der Waals surface area (Å²) in [6, 6.07) is -0.764. The molecule has 340 valence electrons. The van der Waals surface area contributed by atoms with Gasteiger partial charge in [-0.05, 0) is 64.2 Å². The predicted octanol–water partition coefficient (Wildman–Crippen LogP) is 15.3. The van der Waals surface area contributed by atoms with Gasteiger partial charge in [-0.1, -0.05) is 236 Å². The maximum absolute atomic E-state index is 12.5. The lowest BCUT2D eigenvalue weighted by molar-refractivity contribution is -0.124. The molecule has 0 heterocycles. The zero-order valence-corrected chi connectivity index (χ0v) is 38.7. The molecule has 1 amide bonds. The van der Waals surface area contributed by atoms with Gasteiger partial charge in [-0.25, -0.2) is 0 Å². The number of hydrogen-bond donors (Lipinski definition) is 4. The molecule has 0 aliphatic heterocycles. The topological polar surface area (TPSA) is 89.8 Å². The Hall–Kier alpha value is -1.69. The number of carbonyl (C=O) groups is 1. The first-order chi connectivity index (χ1) is 28.5. The van der Waals surface area contributed by atoms with Crippen molar-refractivity contribution in [3.63, 3.8) is 0 Å². The van der Waals surface area contributed by atoms with Crippen LogP contribution < -0.4 is 5.32 Å². The number of aliphatic hydroxyl groups excluding tert-OH is 3. The molecule has 0 bridgehead atoms. The van der Waals surface area contributed by atoms with Gasteiger partial charge >= 0.3 is 0 Å². The number of aliphatic hydroxyl groups is 3. The summed E-state index contributed by atoms with van der Waals surface area (Å²) < 4.78 is 0. The zero-order valence-electron chi connectivity index (χ0n) is 38.7. The quantitative estimate of drug-likeness (QED) is 0.0364. The number of unbranched alkanes of at least 4 members (excludes halogenated alkanes) is 31. The summed E-state index contributed by atoms with van der Waals surface area (Å²) in [6.45, 7) is 4.21. The normalized spacial score (nSPS) is 13.8. The van der Waals surface area contributed by atoms with Crippen LogP contribution in [0.2, 0.25) is 0 Å². The molecule has 3 atom stereocenters. The van der Waals surface area contributed by atoms with Crippen molar-refractivity contribution in [1.29, 1.82) is 0 Å². The second-order valence-electron chi connectivity index (χ2n) is 17.4. The van der Waals surface area contributed by atoms with E-state index in [0.717, 1.165) is 38.5 Å². The van der Waals surface area contributed by atoms with E-state index in [9.17, 15) is 20.1 Å². The van der Waals surface area contributed by atoms with E-state index >= 15 is 0 Å². The summed E-state index contributed by atoms with van der Waals surface area (Å²) in [5.41, 5.74) is 0. The van der Waals surface area contributed by atoms with E-state index in [-0.39, 0.29) is 18.9 Å². The zero-order chi connectivity index (χ0) is 42.3. The van der Waals surface area contributed by atoms with Gasteiger partial charge in [0, 0.05) is 0 Å². The maximum Gasteiger partial charge on any atom is 0.222 e. The smallest absolute Gasteiger partial charge is 0.222 e. The fourth-order valence-corrected chi connectivity index (χ4v) is 7.68. The molecule has 5 nitrogen and oxygen atoms in total. The third-order valence-electron chi connectivity index (χ3n) is 11.6. The summed E-state index contributed by atoms with van der Waals surface area (Å²) in [7, 11) is 0. The fourth-order valence-electron chi connectivity index (χ4n) is 7.68. The summed E-state index contributed by atoms with van der Waals surface area (Å²) in [6.07, 6.45) is 62.7. The highest BCUT2D eigenvalue weighted by Crippen LogP contribution is 2.15. The van der Waals surface area contributed by atoms with Gasteiger partial charge in [-0.2, -0.15) is 0 Å². The average molecular weight is 814 g/mol. The van der Waals surface area contributed by atoms with E-state index in [0.29, 0.717) is 6.42 Å². The Morgan fingerprint density at radius 1 is 0.448 bits per heavy atom. The fraction of sp³-hybridized carbons (Fsp3) is 0.830. The van der Waals surface area contributed by atoms with Crippen LogP contribution in [0.4, 0.5) is 0 Å². The number of hydrogen-bond acceptors (Lipinski definition) is 4. The molecule has 0 aliphatic rings. The SMILES string of the molecule is CCCCCCCCCCC/C=C\C/C=C\CCCCCCCCCCCC(O)CC(=O)NC(CO)C(O)/C=C/CC/C=C/CCCCCCCCCCCCCC. The standard InChI is InChI=1S/C53H99NO4/c1-3-5-7-9-11-13-15-17-19-21-23-24-25-26-27-28-29-30-32-34-36-38-40-42-44-46-50(56)48-53(58)54-51(49-55)52(57)47-45-43-41-39-37-35-33-31-22-20-18-16-14-12-10-8-6-4-2/h23-24,26-27,37,39,45,47,50-52,55-57H,3-22,25,28-36,38,40-44,46,48-49H2,1-2H3,(H,54,58)/b24-23-,27-26-,39-37+,47-45+. The summed E-state index contributed by atoms with van der Waals surface area (Å²) in [5, 5.41) is 33.3. The molecule has 0 aromatic carbocycles. The van der Waals surface area contributed by atoms with E-state index < -0.39 is 18.2 Å². The molecule has 0 aromatic heterocycles. The van der Waals surface area contributed by atoms with E-state index in [1.54, 1.807) is 6.08 Å². The van der Waals surface area contributed by atoms with Crippen molar-refractivity contribution in [2.45, 2.75) is 276 Å². The lowest BCUT2D eigenvalue weighted by Crippen LogP contribution is -2.45. The molecule has 0 saturated heterocycles. The van der Waals surface area contributed by atoms with Crippen molar-refractivity contribution in [1.82, 2.24) is 5.32 Å². The third kappa shape index (κ3) is 43.9. The van der Waals surface area contributed by atoms with Gasteiger partial charge in [0.05, 0.1) is 31.3 Å². The number of amides is 1. The van der Waals surface area contributed by atoms with Gasteiger partial charge < -0.3 is 20.6 Å². The molecule has 0 spiro atoms. The van der Waals surface area contributed by atoms with Crippen LogP contribution in [0.25, 0.3) is 0 Å². The van der Waals surface area contributed by atoms with Gasteiger partial charge in [0.25, 0.3) is 0 Å². The monoisotopic (exact) mass is 814 g/mol. The average Bonchev–Trinajstić information content (AvgIpc) is 3.22. The van der Waals surface area contributed by atoms with Crippen LogP contribution in [-0.4, -0.2) is 46.1 Å². The van der Waals surface area contributed by atoms with Gasteiger partial charge in [0.2, 0.25) is 5.91 Å². The second-order valence-corrected chi connectivity index (χ2v) is 17.4. The number of rotatable bonds is 46. The van der Waals surface area contributed by atoms with Crippen molar-refractivity contribution in [2.24, 2.45) is 0 Å². The Balaban J connectivity index is 3.66. The van der Waals surface area contributed by atoms with Crippen LogP contribution in [0.1, 0.15) is 258 Å². The minimum Gasteiger partial charge on any atom is -0.394 e. The van der Waals surface area contributed by atoms with Crippen LogP contribution in [0, 0.1) is 0 Å². The number of nitrogens with one attached hydrogen (secondary N) is 1. The second kappa shape index (κ2) is 48.0. The molecule has 0 radical (unpaired) electrons. The highest BCUT2D eigenvalue weighted by Gasteiger charge is 2.20. The summed E-state index contributed by atoms with van der Waals surface area (Å²) in [4.78, 5) is 12.5. The van der Waals surface area contributed by atoms with Gasteiger partial charge in [0.15, 0.2) is 0 Å². The number of carbonyl (C=O) groups excluding carboxylic acids is 1. The Morgan fingerprint density at radius 2 is 0.793 bits per heavy atom. The minimum absolute atomic E-state index is 0.00219. The van der Waals surface area contributed by atoms with E-state index in [4.69, 9.17) is 0 Å². The van der Waals surface area contributed by atoms with Crippen molar-refractivity contribution >= 4 is 5.91 Å². The largest absolute Gasteiger partial charge is 0.394 e. The number of allylic oxidation sites excluding steroid dienone is 7. The molecule has 5 heteroatoms. The predicted molar refractivity (Wildman–Crippen MR) is 254 cm³/mol. The molecule has 0 aliphatic carbocycles. The molecular formula is C53H99NO4. The molecule has 0 rings (SSSR count). The molecular weight excluding hydrogens is 715 g/mol. The lowest BCUT2D eigenvalue weighted by atomic mass is 10.0. The van der Waals surface area contributed by atoms with Crippen LogP contribution in [0.15, 0.2) is 48.6 Å². The Labute approximate surface area is 361 Å². The first-order valence-corrected chi connectivity index (χ1v) is 25.4. The third-order valence-corrected chi connectivity index (χ3v) is 11.6. The van der Waals surface area contributed by atoms with Crippen LogP contribution >= 0.6 is 0 Å². The molecule has 4 N–H and O–H groups in total. The van der Waals surface area contributed by atoms with Crippen molar-refractivity contribution < 1.29 is 20.1 Å². The summed E-state index contributed by atoms with van der Waals surface area (Å²) in [5.74, 6) is -0.327. The summed E-state index contributed by atoms with van der Waals surface area (Å²) >= 11 is 0. The van der Waals surface area contributed by atoms with Crippen LogP contribution in [-0.2, 0) is 4.79 Å². The Kier molecular flexibility index (Phi) is 46.6. The van der Waals surface area contributed by atoms with Crippen molar-refractivity contribution in [2.75, 3.05) is 6.61 Å². The molecule has 0 aromatic rings. The molecule has 58 heavy (non-hydrogen) atoms. The van der Waals surface area contributed by atoms with Crippen molar-refractivity contribution in [3.05, 3.63) is 48.6 Å². The van der Waals surface area contributed by atoms with Crippen LogP contribution in [0.5, 0.6) is 0 Å². The highest BCUT2D eigenvalue weighted by molar-refractivity contribution is 5.76. The molecule has 3 unspecified atom stereocenters. The highest BCUT2D eigenvalue weighted by atomic mass is 16.3. The molecule has 0 fully saturated rings. The lowest BCUT2D eigenvalue weighted by Gasteiger charge is -2.21. The Morgan fingerprint density at radius 3 is 1.21 bits per heavy atom. The van der Waals surface area contributed by atoms with E-state index in [1.165, 1.54) is 193 Å². The maximum atomic E-state index is 12.5. The first kappa shape index (κ1) is 56.3. The first-order valence-electron chi connectivity index (χ1n) is 25.4. The van der Waals surface area contributed by atoms with Gasteiger partial charge in [-0.15, -0.1) is 0 Å². The molecule has 0 saturated carbocycles. The van der Waals surface area contributed by atoms with Gasteiger partial charge in [0.1, 0.15) is 0 Å². The van der Waals surface area contributed by atoms with Crippen LogP contribution in [0.3, 0.4) is 0 Å². The minimum atomic E-state index is -0.954. The van der Waals surface area contributed by atoms with E-state index in [1.807, 2.05) is 6.08 Å².